The van der Waals surface area contributed by atoms with Crippen molar-refractivity contribution in [1.29, 1.82) is 0 Å². The van der Waals surface area contributed by atoms with Crippen LogP contribution in [0.1, 0.15) is 16.1 Å². The van der Waals surface area contributed by atoms with Crippen LogP contribution in [0, 0.1) is 6.92 Å². The molecule has 3 rings (SSSR count). The maximum atomic E-state index is 12.9. The number of para-hydroxylation sites is 2. The maximum Gasteiger partial charge on any atom is 0.276 e. The van der Waals surface area contributed by atoms with Gasteiger partial charge in [0.1, 0.15) is 11.4 Å². The summed E-state index contributed by atoms with van der Waals surface area (Å²) in [4.78, 5) is 23.3. The Morgan fingerprint density at radius 3 is 2.55 bits per heavy atom. The van der Waals surface area contributed by atoms with Gasteiger partial charge in [-0.3, -0.25) is 14.3 Å². The molecule has 0 aliphatic carbocycles. The molecule has 0 saturated heterocycles. The van der Waals surface area contributed by atoms with E-state index in [9.17, 15) is 18.0 Å². The molecule has 29 heavy (non-hydrogen) atoms. The summed E-state index contributed by atoms with van der Waals surface area (Å²) in [5.41, 5.74) is 0.595. The Balaban J connectivity index is 1.89. The lowest BCUT2D eigenvalue weighted by Gasteiger charge is -2.14. The highest BCUT2D eigenvalue weighted by Gasteiger charge is 2.20. The van der Waals surface area contributed by atoms with Crippen LogP contribution in [0.25, 0.3) is 0 Å². The normalized spacial score (nSPS) is 11.0. The SMILES string of the molecule is COc1ccccc1NS(=O)(=O)c1cc(NC(=O)c2ccc(=O)[nH]n2)ccc1C. The Labute approximate surface area is 166 Å². The van der Waals surface area contributed by atoms with Crippen LogP contribution >= 0.6 is 0 Å². The molecule has 0 fully saturated rings. The van der Waals surface area contributed by atoms with Crippen LogP contribution in [0.15, 0.2) is 64.3 Å². The number of carbonyl (C=O) groups excluding carboxylic acids is 1. The summed E-state index contributed by atoms with van der Waals surface area (Å²) in [5, 5.41) is 8.37. The van der Waals surface area contributed by atoms with Gasteiger partial charge in [0.2, 0.25) is 0 Å². The van der Waals surface area contributed by atoms with Crippen molar-refractivity contribution in [2.45, 2.75) is 11.8 Å². The van der Waals surface area contributed by atoms with E-state index in [1.807, 2.05) is 0 Å². The number of aryl methyl sites for hydroxylation is 1. The van der Waals surface area contributed by atoms with E-state index >= 15 is 0 Å². The van der Waals surface area contributed by atoms with Crippen LogP contribution in [0.2, 0.25) is 0 Å². The molecule has 0 atom stereocenters. The minimum Gasteiger partial charge on any atom is -0.495 e. The van der Waals surface area contributed by atoms with E-state index in [0.29, 0.717) is 17.0 Å². The van der Waals surface area contributed by atoms with Gasteiger partial charge in [-0.05, 0) is 42.8 Å². The summed E-state index contributed by atoms with van der Waals surface area (Å²) in [5.74, 6) is -0.214. The number of anilines is 2. The van der Waals surface area contributed by atoms with Gasteiger partial charge < -0.3 is 10.1 Å². The zero-order chi connectivity index (χ0) is 21.0. The molecule has 3 aromatic rings. The second-order valence-electron chi connectivity index (χ2n) is 6.05. The van der Waals surface area contributed by atoms with Crippen LogP contribution < -0.4 is 20.3 Å². The van der Waals surface area contributed by atoms with Crippen molar-refractivity contribution in [2.24, 2.45) is 0 Å². The van der Waals surface area contributed by atoms with Gasteiger partial charge in [-0.15, -0.1) is 0 Å². The number of nitrogens with one attached hydrogen (secondary N) is 3. The number of nitrogens with zero attached hydrogens (tertiary/aromatic N) is 1. The molecule has 9 nitrogen and oxygen atoms in total. The molecule has 0 unspecified atom stereocenters. The lowest BCUT2D eigenvalue weighted by molar-refractivity contribution is 0.102. The number of hydrogen-bond acceptors (Lipinski definition) is 6. The van der Waals surface area contributed by atoms with Gasteiger partial charge in [-0.2, -0.15) is 5.10 Å². The molecule has 1 heterocycles. The van der Waals surface area contributed by atoms with E-state index in [-0.39, 0.29) is 16.3 Å². The van der Waals surface area contributed by atoms with Crippen LogP contribution in [0.4, 0.5) is 11.4 Å². The van der Waals surface area contributed by atoms with E-state index in [4.69, 9.17) is 4.74 Å². The van der Waals surface area contributed by atoms with E-state index in [1.165, 1.54) is 25.3 Å². The van der Waals surface area contributed by atoms with Gasteiger partial charge in [-0.25, -0.2) is 13.5 Å². The number of aromatic nitrogens is 2. The van der Waals surface area contributed by atoms with Gasteiger partial charge >= 0.3 is 0 Å². The fourth-order valence-corrected chi connectivity index (χ4v) is 3.90. The minimum absolute atomic E-state index is 0.00404. The quantitative estimate of drug-likeness (QED) is 0.566. The number of aromatic amines is 1. The van der Waals surface area contributed by atoms with E-state index < -0.39 is 21.5 Å². The Morgan fingerprint density at radius 2 is 1.86 bits per heavy atom. The average Bonchev–Trinajstić information content (AvgIpc) is 2.70. The van der Waals surface area contributed by atoms with Crippen molar-refractivity contribution < 1.29 is 17.9 Å². The summed E-state index contributed by atoms with van der Waals surface area (Å²) in [7, 11) is -2.51. The first-order chi connectivity index (χ1) is 13.8. The molecule has 2 aromatic carbocycles. The molecule has 10 heteroatoms. The molecule has 0 aliphatic heterocycles. The van der Waals surface area contributed by atoms with Crippen molar-refractivity contribution in [3.8, 4) is 5.75 Å². The van der Waals surface area contributed by atoms with Crippen LogP contribution in [-0.2, 0) is 10.0 Å². The molecule has 0 radical (unpaired) electrons. The molecular weight excluding hydrogens is 396 g/mol. The molecule has 0 saturated carbocycles. The van der Waals surface area contributed by atoms with Gasteiger partial charge in [-0.1, -0.05) is 18.2 Å². The van der Waals surface area contributed by atoms with Crippen molar-refractivity contribution in [2.75, 3.05) is 17.1 Å². The number of ether oxygens (including phenoxy) is 1. The Morgan fingerprint density at radius 1 is 1.10 bits per heavy atom. The topological polar surface area (TPSA) is 130 Å². The van der Waals surface area contributed by atoms with Crippen LogP contribution in [-0.4, -0.2) is 31.6 Å². The molecule has 0 bridgehead atoms. The first kappa shape index (κ1) is 20.1. The summed E-state index contributed by atoms with van der Waals surface area (Å²) >= 11 is 0. The number of carbonyl (C=O) groups is 1. The number of sulfonamides is 1. The largest absolute Gasteiger partial charge is 0.495 e. The number of amides is 1. The van der Waals surface area contributed by atoms with Gasteiger partial charge in [0.05, 0.1) is 17.7 Å². The highest BCUT2D eigenvalue weighted by atomic mass is 32.2. The summed E-state index contributed by atoms with van der Waals surface area (Å²) in [6.07, 6.45) is 0. The molecule has 150 valence electrons. The maximum absolute atomic E-state index is 12.9. The number of rotatable bonds is 6. The van der Waals surface area contributed by atoms with Gasteiger partial charge in [0.25, 0.3) is 21.5 Å². The summed E-state index contributed by atoms with van der Waals surface area (Å²) in [6.45, 7) is 1.64. The van der Waals surface area contributed by atoms with Crippen LogP contribution in [0.3, 0.4) is 0 Å². The van der Waals surface area contributed by atoms with Crippen molar-refractivity contribution in [1.82, 2.24) is 10.2 Å². The van der Waals surface area contributed by atoms with Crippen molar-refractivity contribution in [3.63, 3.8) is 0 Å². The molecule has 1 amide bonds. The fourth-order valence-electron chi connectivity index (χ4n) is 2.56. The number of H-pyrrole nitrogens is 1. The number of hydrogen-bond donors (Lipinski definition) is 3. The Hall–Kier alpha value is -3.66. The van der Waals surface area contributed by atoms with Crippen molar-refractivity contribution >= 4 is 27.3 Å². The lowest BCUT2D eigenvalue weighted by atomic mass is 10.2. The van der Waals surface area contributed by atoms with Gasteiger partial charge in [0, 0.05) is 11.8 Å². The summed E-state index contributed by atoms with van der Waals surface area (Å²) < 4.78 is 33.5. The van der Waals surface area contributed by atoms with E-state index in [1.54, 1.807) is 43.3 Å². The zero-order valence-corrected chi connectivity index (χ0v) is 16.4. The molecule has 3 N–H and O–H groups in total. The lowest BCUT2D eigenvalue weighted by Crippen LogP contribution is -2.18. The molecule has 0 aliphatic rings. The third-order valence-electron chi connectivity index (χ3n) is 4.00. The number of methoxy groups -OCH3 is 1. The molecule has 0 spiro atoms. The molecule has 1 aromatic heterocycles. The minimum atomic E-state index is -3.95. The first-order valence-corrected chi connectivity index (χ1v) is 9.92. The first-order valence-electron chi connectivity index (χ1n) is 8.44. The average molecular weight is 414 g/mol. The monoisotopic (exact) mass is 414 g/mol. The standard InChI is InChI=1S/C19H18N4O5S/c1-12-7-8-13(20-19(25)15-9-10-18(24)22-21-15)11-17(12)29(26,27)23-14-5-3-4-6-16(14)28-2/h3-11,23H,1-2H3,(H,20,25)(H,22,24). The second kappa shape index (κ2) is 8.15. The predicted octanol–water partition coefficient (Wildman–Crippen LogP) is 2.14. The highest BCUT2D eigenvalue weighted by molar-refractivity contribution is 7.92. The third-order valence-corrected chi connectivity index (χ3v) is 5.51. The van der Waals surface area contributed by atoms with Crippen LogP contribution in [0.5, 0.6) is 5.75 Å². The van der Waals surface area contributed by atoms with Gasteiger partial charge in [0.15, 0.2) is 0 Å². The van der Waals surface area contributed by atoms with E-state index in [2.05, 4.69) is 20.2 Å². The third kappa shape index (κ3) is 4.61. The number of benzene rings is 2. The predicted molar refractivity (Wildman–Crippen MR) is 108 cm³/mol. The molecular formula is C19H18N4O5S. The van der Waals surface area contributed by atoms with E-state index in [0.717, 1.165) is 0 Å². The zero-order valence-electron chi connectivity index (χ0n) is 15.6. The Bertz CT molecular complexity index is 1200. The smallest absolute Gasteiger partial charge is 0.276 e. The fraction of sp³-hybridized carbons (Fsp3) is 0.105. The highest BCUT2D eigenvalue weighted by Crippen LogP contribution is 2.28. The second-order valence-corrected chi connectivity index (χ2v) is 7.70. The van der Waals surface area contributed by atoms with Crippen molar-refractivity contribution in [3.05, 3.63) is 76.2 Å². The summed E-state index contributed by atoms with van der Waals surface area (Å²) in [6, 6.07) is 13.6. The Kier molecular flexibility index (Phi) is 5.64.